The molecule has 3 heterocycles. The summed E-state index contributed by atoms with van der Waals surface area (Å²) in [5, 5.41) is 6.10. The number of aromatic nitrogens is 2. The Hall–Kier alpha value is -3.93. The number of carbonyl (C=O) groups excluding carboxylic acids is 2. The number of para-hydroxylation sites is 1. The van der Waals surface area contributed by atoms with E-state index in [0.717, 1.165) is 16.0 Å². The van der Waals surface area contributed by atoms with Gasteiger partial charge < -0.3 is 14.8 Å². The largest absolute Gasteiger partial charge is 0.497 e. The fourth-order valence-electron chi connectivity index (χ4n) is 4.31. The first-order valence-electron chi connectivity index (χ1n) is 12.8. The number of rotatable bonds is 9. The molecule has 2 aromatic carbocycles. The number of methoxy groups -OCH3 is 1. The molecule has 41 heavy (non-hydrogen) atoms. The molecule has 8 nitrogen and oxygen atoms in total. The fraction of sp³-hybridized carbons (Fsp3) is 0.200. The van der Waals surface area contributed by atoms with Gasteiger partial charge in [0.05, 0.1) is 30.5 Å². The first-order valence-corrected chi connectivity index (χ1v) is 15.4. The van der Waals surface area contributed by atoms with E-state index in [-0.39, 0.29) is 23.8 Å². The van der Waals surface area contributed by atoms with Gasteiger partial charge in [0.2, 0.25) is 5.91 Å². The number of fused-ring (bicyclic) bond motifs is 1. The number of aryl methyl sites for hydroxylation is 2. The molecule has 0 unspecified atom stereocenters. The van der Waals surface area contributed by atoms with Crippen LogP contribution in [0.1, 0.15) is 27.7 Å². The molecule has 5 rings (SSSR count). The normalized spacial score (nSPS) is 11.0. The Kier molecular flexibility index (Phi) is 8.57. The third-order valence-corrected chi connectivity index (χ3v) is 9.38. The van der Waals surface area contributed by atoms with Gasteiger partial charge in [-0.05, 0) is 56.2 Å². The molecular formula is C30H27N3O5S3. The molecule has 210 valence electrons. The van der Waals surface area contributed by atoms with Crippen molar-refractivity contribution >= 4 is 61.5 Å². The summed E-state index contributed by atoms with van der Waals surface area (Å²) in [6.07, 6.45) is 0. The Labute approximate surface area is 249 Å². The van der Waals surface area contributed by atoms with Gasteiger partial charge in [0.1, 0.15) is 21.1 Å². The quantitative estimate of drug-likeness (QED) is 0.113. The van der Waals surface area contributed by atoms with E-state index >= 15 is 0 Å². The Morgan fingerprint density at radius 3 is 2.49 bits per heavy atom. The molecule has 1 N–H and O–H groups in total. The maximum Gasteiger partial charge on any atom is 0.341 e. The molecule has 0 spiro atoms. The van der Waals surface area contributed by atoms with Gasteiger partial charge in [0, 0.05) is 15.8 Å². The molecule has 0 atom stereocenters. The first kappa shape index (κ1) is 28.6. The summed E-state index contributed by atoms with van der Waals surface area (Å²) in [4.78, 5) is 46.2. The lowest BCUT2D eigenvalue weighted by atomic mass is 10.0. The van der Waals surface area contributed by atoms with E-state index in [1.165, 1.54) is 34.4 Å². The van der Waals surface area contributed by atoms with E-state index in [4.69, 9.17) is 14.5 Å². The van der Waals surface area contributed by atoms with Crippen LogP contribution in [-0.4, -0.2) is 40.9 Å². The predicted octanol–water partition coefficient (Wildman–Crippen LogP) is 6.71. The number of ether oxygens (including phenoxy) is 2. The highest BCUT2D eigenvalue weighted by Crippen LogP contribution is 2.37. The second kappa shape index (κ2) is 12.3. The molecular weight excluding hydrogens is 579 g/mol. The molecule has 3 aromatic heterocycles. The molecule has 0 saturated heterocycles. The summed E-state index contributed by atoms with van der Waals surface area (Å²) in [6.45, 7) is 5.83. The van der Waals surface area contributed by atoms with Crippen LogP contribution in [0, 0.1) is 13.8 Å². The van der Waals surface area contributed by atoms with Gasteiger partial charge in [0.25, 0.3) is 5.56 Å². The van der Waals surface area contributed by atoms with E-state index < -0.39 is 5.97 Å². The first-order chi connectivity index (χ1) is 19.8. The average Bonchev–Trinajstić information content (AvgIpc) is 3.52. The SMILES string of the molecule is CCOC(=O)c1c(-c2ccc(OC)cc2)csc1NC(=O)CSc1nc2sc(C)c(C)c2c(=O)n1-c1ccccc1. The molecule has 0 aliphatic carbocycles. The fourth-order valence-corrected chi connectivity index (χ4v) is 7.17. The minimum Gasteiger partial charge on any atom is -0.497 e. The van der Waals surface area contributed by atoms with Crippen molar-refractivity contribution in [2.75, 3.05) is 24.8 Å². The molecule has 0 saturated carbocycles. The Balaban J connectivity index is 1.44. The van der Waals surface area contributed by atoms with Gasteiger partial charge in [-0.25, -0.2) is 9.78 Å². The lowest BCUT2D eigenvalue weighted by Crippen LogP contribution is -2.23. The third kappa shape index (κ3) is 5.79. The number of benzene rings is 2. The van der Waals surface area contributed by atoms with Gasteiger partial charge in [0.15, 0.2) is 5.16 Å². The standard InChI is InChI=1S/C30H27N3O5S3/c1-5-38-29(36)25-22(19-11-13-21(37-4)14-12-19)15-39-26(25)31-23(34)16-40-30-32-27-24(17(2)18(3)41-27)28(35)33(30)20-9-7-6-8-10-20/h6-15H,5,16H2,1-4H3,(H,31,34). The highest BCUT2D eigenvalue weighted by Gasteiger charge is 2.24. The van der Waals surface area contributed by atoms with Crippen molar-refractivity contribution in [1.82, 2.24) is 9.55 Å². The molecule has 11 heteroatoms. The van der Waals surface area contributed by atoms with Gasteiger partial charge in [-0.1, -0.05) is 42.1 Å². The zero-order valence-electron chi connectivity index (χ0n) is 22.8. The highest BCUT2D eigenvalue weighted by molar-refractivity contribution is 7.99. The molecule has 0 fully saturated rings. The topological polar surface area (TPSA) is 99.5 Å². The minimum absolute atomic E-state index is 0.0217. The molecule has 0 aliphatic rings. The Morgan fingerprint density at radius 1 is 1.07 bits per heavy atom. The predicted molar refractivity (Wildman–Crippen MR) is 166 cm³/mol. The van der Waals surface area contributed by atoms with Crippen molar-refractivity contribution in [3.8, 4) is 22.6 Å². The van der Waals surface area contributed by atoms with E-state index in [1.807, 2.05) is 73.8 Å². The zero-order chi connectivity index (χ0) is 29.1. The van der Waals surface area contributed by atoms with Crippen LogP contribution in [0.4, 0.5) is 5.00 Å². The lowest BCUT2D eigenvalue weighted by Gasteiger charge is -2.12. The van der Waals surface area contributed by atoms with Gasteiger partial charge in [-0.15, -0.1) is 22.7 Å². The van der Waals surface area contributed by atoms with Crippen molar-refractivity contribution in [2.45, 2.75) is 25.9 Å². The number of hydrogen-bond donors (Lipinski definition) is 1. The monoisotopic (exact) mass is 605 g/mol. The van der Waals surface area contributed by atoms with Crippen molar-refractivity contribution in [3.05, 3.63) is 86.3 Å². The number of esters is 1. The number of hydrogen-bond acceptors (Lipinski definition) is 9. The van der Waals surface area contributed by atoms with Gasteiger partial charge >= 0.3 is 5.97 Å². The number of amides is 1. The van der Waals surface area contributed by atoms with Crippen molar-refractivity contribution in [3.63, 3.8) is 0 Å². The van der Waals surface area contributed by atoms with E-state index in [2.05, 4.69) is 5.32 Å². The van der Waals surface area contributed by atoms with Crippen LogP contribution in [0.15, 0.2) is 69.9 Å². The molecule has 5 aromatic rings. The summed E-state index contributed by atoms with van der Waals surface area (Å²) in [6, 6.07) is 16.6. The number of thioether (sulfide) groups is 1. The molecule has 0 aliphatic heterocycles. The summed E-state index contributed by atoms with van der Waals surface area (Å²) < 4.78 is 12.1. The summed E-state index contributed by atoms with van der Waals surface area (Å²) in [5.74, 6) is -0.181. The zero-order valence-corrected chi connectivity index (χ0v) is 25.3. The average molecular weight is 606 g/mol. The highest BCUT2D eigenvalue weighted by atomic mass is 32.2. The summed E-state index contributed by atoms with van der Waals surface area (Å²) in [7, 11) is 1.59. The van der Waals surface area contributed by atoms with Crippen molar-refractivity contribution < 1.29 is 19.1 Å². The van der Waals surface area contributed by atoms with Gasteiger partial charge in [-0.3, -0.25) is 14.2 Å². The lowest BCUT2D eigenvalue weighted by molar-refractivity contribution is -0.113. The third-order valence-electron chi connectivity index (χ3n) is 6.44. The van der Waals surface area contributed by atoms with Crippen LogP contribution in [0.2, 0.25) is 0 Å². The van der Waals surface area contributed by atoms with E-state index in [1.54, 1.807) is 18.6 Å². The molecule has 0 bridgehead atoms. The number of carbonyl (C=O) groups is 2. The summed E-state index contributed by atoms with van der Waals surface area (Å²) in [5.41, 5.74) is 3.17. The second-order valence-electron chi connectivity index (χ2n) is 8.97. The number of thiophene rings is 2. The van der Waals surface area contributed by atoms with Crippen LogP contribution < -0.4 is 15.6 Å². The number of nitrogens with one attached hydrogen (secondary N) is 1. The van der Waals surface area contributed by atoms with E-state index in [9.17, 15) is 14.4 Å². The van der Waals surface area contributed by atoms with Crippen molar-refractivity contribution in [1.29, 1.82) is 0 Å². The number of anilines is 1. The van der Waals surface area contributed by atoms with Crippen LogP contribution in [0.3, 0.4) is 0 Å². The smallest absolute Gasteiger partial charge is 0.341 e. The van der Waals surface area contributed by atoms with Gasteiger partial charge in [-0.2, -0.15) is 0 Å². The number of nitrogens with zero attached hydrogens (tertiary/aromatic N) is 2. The maximum absolute atomic E-state index is 13.6. The van der Waals surface area contributed by atoms with Crippen LogP contribution >= 0.6 is 34.4 Å². The van der Waals surface area contributed by atoms with Crippen LogP contribution in [-0.2, 0) is 9.53 Å². The Bertz CT molecular complexity index is 1790. The van der Waals surface area contributed by atoms with E-state index in [0.29, 0.717) is 42.9 Å². The van der Waals surface area contributed by atoms with Crippen molar-refractivity contribution in [2.24, 2.45) is 0 Å². The summed E-state index contributed by atoms with van der Waals surface area (Å²) >= 11 is 3.88. The Morgan fingerprint density at radius 2 is 1.80 bits per heavy atom. The van der Waals surface area contributed by atoms with Crippen LogP contribution in [0.25, 0.3) is 27.0 Å². The van der Waals surface area contributed by atoms with Crippen LogP contribution in [0.5, 0.6) is 5.75 Å². The minimum atomic E-state index is -0.518. The molecule has 1 amide bonds. The second-order valence-corrected chi connectivity index (χ2v) is 12.0. The molecule has 0 radical (unpaired) electrons. The maximum atomic E-state index is 13.6.